The fraction of sp³-hybridized carbons (Fsp3) is 0.222. The maximum atomic E-state index is 16.8. The van der Waals surface area contributed by atoms with Crippen LogP contribution in [0.4, 0.5) is 14.6 Å². The predicted molar refractivity (Wildman–Crippen MR) is 206 cm³/mol. The molecule has 274 valence electrons. The molecule has 4 aromatic carbocycles. The molecule has 0 amide bonds. The number of carbonyl (C=O) groups is 1. The maximum absolute atomic E-state index is 16.8. The number of carboxylic acids is 1. The van der Waals surface area contributed by atoms with Crippen LogP contribution in [0, 0.1) is 29.4 Å². The zero-order chi connectivity index (χ0) is 37.5. The number of halogens is 2. The lowest BCUT2D eigenvalue weighted by atomic mass is 9.61. The highest BCUT2D eigenvalue weighted by atomic mass is 19.1. The first kappa shape index (κ1) is 34.5. The molecule has 2 bridgehead atoms. The van der Waals surface area contributed by atoms with E-state index >= 15 is 8.78 Å². The van der Waals surface area contributed by atoms with Gasteiger partial charge in [0.15, 0.2) is 23.1 Å². The van der Waals surface area contributed by atoms with E-state index < -0.39 is 35.1 Å². The fourth-order valence-corrected chi connectivity index (χ4v) is 9.05. The van der Waals surface area contributed by atoms with Crippen LogP contribution in [0.1, 0.15) is 53.6 Å². The molecule has 7 aromatic rings. The van der Waals surface area contributed by atoms with Crippen LogP contribution in [0.2, 0.25) is 0 Å². The van der Waals surface area contributed by atoms with Crippen LogP contribution in [-0.4, -0.2) is 41.9 Å². The Morgan fingerprint density at radius 2 is 1.31 bits per heavy atom. The highest BCUT2D eigenvalue weighted by molar-refractivity contribution is 5.90. The Labute approximate surface area is 317 Å². The van der Waals surface area contributed by atoms with E-state index in [-0.39, 0.29) is 41.3 Å². The molecule has 10 rings (SSSR count). The average molecular weight is 733 g/mol. The molecule has 3 aliphatic carbocycles. The number of fused-ring (bicyclic) bond motifs is 4. The maximum Gasteiger partial charge on any atom is 0.308 e. The molecule has 2 N–H and O–H groups in total. The van der Waals surface area contributed by atoms with Crippen molar-refractivity contribution in [1.29, 1.82) is 0 Å². The average Bonchev–Trinajstić information content (AvgIpc) is 3.60. The summed E-state index contributed by atoms with van der Waals surface area (Å²) >= 11 is 0. The Hall–Kier alpha value is -6.29. The zero-order valence-corrected chi connectivity index (χ0v) is 29.9. The molecule has 3 aliphatic rings. The number of carboxylic acid groups (broad SMARTS) is 1. The van der Waals surface area contributed by atoms with Gasteiger partial charge in [-0.25, -0.2) is 28.4 Å². The van der Waals surface area contributed by atoms with Gasteiger partial charge in [-0.15, -0.1) is 0 Å². The van der Waals surface area contributed by atoms with E-state index in [9.17, 15) is 9.90 Å². The molecule has 0 radical (unpaired) electrons. The van der Waals surface area contributed by atoms with E-state index in [1.807, 2.05) is 121 Å². The van der Waals surface area contributed by atoms with Crippen molar-refractivity contribution in [2.24, 2.45) is 17.8 Å². The number of hydrogen-bond donors (Lipinski definition) is 2. The van der Waals surface area contributed by atoms with Gasteiger partial charge in [0.1, 0.15) is 17.1 Å². The topological polar surface area (TPSA) is 106 Å². The van der Waals surface area contributed by atoms with Crippen LogP contribution in [0.25, 0.3) is 22.6 Å². The summed E-state index contributed by atoms with van der Waals surface area (Å²) in [6.45, 7) is 0. The highest BCUT2D eigenvalue weighted by Gasteiger charge is 2.48. The van der Waals surface area contributed by atoms with Gasteiger partial charge < -0.3 is 10.4 Å². The molecule has 3 saturated carbocycles. The van der Waals surface area contributed by atoms with Crippen molar-refractivity contribution in [3.05, 3.63) is 173 Å². The van der Waals surface area contributed by atoms with Gasteiger partial charge in [0.25, 0.3) is 0 Å². The van der Waals surface area contributed by atoms with Gasteiger partial charge in [0.05, 0.1) is 23.2 Å². The number of rotatable bonds is 10. The third-order valence-electron chi connectivity index (χ3n) is 11.5. The van der Waals surface area contributed by atoms with Gasteiger partial charge >= 0.3 is 5.97 Å². The standard InChI is InChI=1S/C45H38F2N6O2/c46-34-26-35-40(52-53(43(35)48-27-34)45(31-15-7-2-8-16-31,32-17-9-3-10-18-32)33-19-11-4-12-20-33)42-49-36(25-28-13-5-1-6-14-28)38(47)41(51-42)50-39-30-23-21-29(22-24-30)37(39)44(54)55/h1-20,26-27,29-30,37,39H,21-25H2,(H,54,55)(H,49,50,51). The molecule has 8 nitrogen and oxygen atoms in total. The van der Waals surface area contributed by atoms with Gasteiger partial charge in [-0.3, -0.25) is 4.79 Å². The molecule has 0 aliphatic heterocycles. The number of aliphatic carboxylic acids is 1. The van der Waals surface area contributed by atoms with Gasteiger partial charge in [0, 0.05) is 12.5 Å². The second-order valence-corrected chi connectivity index (χ2v) is 14.6. The Kier molecular flexibility index (Phi) is 8.88. The Morgan fingerprint density at radius 3 is 1.87 bits per heavy atom. The number of aromatic nitrogens is 5. The minimum atomic E-state index is -1.10. The second-order valence-electron chi connectivity index (χ2n) is 14.6. The molecule has 2 atom stereocenters. The van der Waals surface area contributed by atoms with Crippen LogP contribution in [0.15, 0.2) is 134 Å². The van der Waals surface area contributed by atoms with E-state index in [4.69, 9.17) is 15.1 Å². The first-order valence-electron chi connectivity index (χ1n) is 18.7. The van der Waals surface area contributed by atoms with E-state index in [1.165, 1.54) is 12.3 Å². The lowest BCUT2D eigenvalue weighted by Gasteiger charge is -2.47. The smallest absolute Gasteiger partial charge is 0.308 e. The Morgan fingerprint density at radius 1 is 0.764 bits per heavy atom. The SMILES string of the molecule is O=C(O)C1C2CCC(CC2)C1Nc1nc(-c2nn(C(c3ccccc3)(c3ccccc3)c3ccccc3)c3ncc(F)cc23)nc(Cc2ccccc2)c1F. The number of nitrogens with zero attached hydrogens (tertiary/aromatic N) is 5. The molecule has 0 saturated heterocycles. The summed E-state index contributed by atoms with van der Waals surface area (Å²) < 4.78 is 33.9. The van der Waals surface area contributed by atoms with Crippen molar-refractivity contribution in [3.63, 3.8) is 0 Å². The summed E-state index contributed by atoms with van der Waals surface area (Å²) in [5.41, 5.74) is 3.07. The van der Waals surface area contributed by atoms with Crippen molar-refractivity contribution >= 4 is 22.8 Å². The van der Waals surface area contributed by atoms with Crippen molar-refractivity contribution in [2.75, 3.05) is 5.32 Å². The Balaban J connectivity index is 1.30. The molecule has 3 fully saturated rings. The molecular weight excluding hydrogens is 695 g/mol. The number of anilines is 1. The van der Waals surface area contributed by atoms with Crippen molar-refractivity contribution < 1.29 is 18.7 Å². The third kappa shape index (κ3) is 6.02. The number of nitrogens with one attached hydrogen (secondary N) is 1. The largest absolute Gasteiger partial charge is 0.481 e. The van der Waals surface area contributed by atoms with Crippen LogP contribution in [-0.2, 0) is 16.8 Å². The van der Waals surface area contributed by atoms with Crippen molar-refractivity contribution in [2.45, 2.75) is 43.7 Å². The molecular formula is C45H38F2N6O2. The molecule has 3 heterocycles. The van der Waals surface area contributed by atoms with Crippen LogP contribution in [0.5, 0.6) is 0 Å². The number of benzene rings is 4. The van der Waals surface area contributed by atoms with E-state index in [0.717, 1.165) is 47.9 Å². The number of pyridine rings is 1. The molecule has 55 heavy (non-hydrogen) atoms. The first-order chi connectivity index (χ1) is 26.9. The first-order valence-corrected chi connectivity index (χ1v) is 18.7. The molecule has 3 aromatic heterocycles. The summed E-state index contributed by atoms with van der Waals surface area (Å²) in [5.74, 6) is -2.76. The zero-order valence-electron chi connectivity index (χ0n) is 29.9. The van der Waals surface area contributed by atoms with Gasteiger partial charge in [-0.05, 0) is 65.8 Å². The van der Waals surface area contributed by atoms with Crippen molar-refractivity contribution in [1.82, 2.24) is 24.7 Å². The van der Waals surface area contributed by atoms with Crippen LogP contribution in [0.3, 0.4) is 0 Å². The minimum Gasteiger partial charge on any atom is -0.481 e. The highest BCUT2D eigenvalue weighted by Crippen LogP contribution is 2.47. The lowest BCUT2D eigenvalue weighted by molar-refractivity contribution is -0.148. The minimum absolute atomic E-state index is 0.00364. The Bertz CT molecular complexity index is 2380. The normalized spacial score (nSPS) is 19.4. The van der Waals surface area contributed by atoms with Gasteiger partial charge in [-0.1, -0.05) is 121 Å². The lowest BCUT2D eigenvalue weighted by Crippen LogP contribution is -2.51. The molecule has 0 spiro atoms. The second kappa shape index (κ2) is 14.2. The summed E-state index contributed by atoms with van der Waals surface area (Å²) in [6, 6.07) is 40.1. The van der Waals surface area contributed by atoms with E-state index in [1.54, 1.807) is 4.68 Å². The van der Waals surface area contributed by atoms with Crippen molar-refractivity contribution in [3.8, 4) is 11.5 Å². The summed E-state index contributed by atoms with van der Waals surface area (Å²) in [5, 5.41) is 19.2. The number of hydrogen-bond acceptors (Lipinski definition) is 6. The quantitative estimate of drug-likeness (QED) is 0.135. The van der Waals surface area contributed by atoms with Gasteiger partial charge in [-0.2, -0.15) is 5.10 Å². The third-order valence-corrected chi connectivity index (χ3v) is 11.5. The predicted octanol–water partition coefficient (Wildman–Crippen LogP) is 8.90. The summed E-state index contributed by atoms with van der Waals surface area (Å²) in [7, 11) is 0. The van der Waals surface area contributed by atoms with Crippen LogP contribution >= 0.6 is 0 Å². The molecule has 10 heteroatoms. The van der Waals surface area contributed by atoms with E-state index in [0.29, 0.717) is 11.0 Å². The summed E-state index contributed by atoms with van der Waals surface area (Å²) in [6.07, 6.45) is 4.71. The monoisotopic (exact) mass is 732 g/mol. The summed E-state index contributed by atoms with van der Waals surface area (Å²) in [4.78, 5) is 26.9. The van der Waals surface area contributed by atoms with Gasteiger partial charge in [0.2, 0.25) is 0 Å². The van der Waals surface area contributed by atoms with E-state index in [2.05, 4.69) is 10.3 Å². The fourth-order valence-electron chi connectivity index (χ4n) is 9.05. The van der Waals surface area contributed by atoms with Crippen LogP contribution < -0.4 is 5.32 Å². The molecule has 2 unspecified atom stereocenters.